The van der Waals surface area contributed by atoms with Crippen molar-refractivity contribution in [3.63, 3.8) is 0 Å². The minimum atomic E-state index is -0.153. The predicted octanol–water partition coefficient (Wildman–Crippen LogP) is 2.31. The molecular weight excluding hydrogens is 230 g/mol. The molecule has 90 valence electrons. The van der Waals surface area contributed by atoms with Crippen LogP contribution in [-0.4, -0.2) is 11.7 Å². The Kier molecular flexibility index (Phi) is 2.30. The summed E-state index contributed by atoms with van der Waals surface area (Å²) in [5, 5.41) is 2.74. The van der Waals surface area contributed by atoms with Gasteiger partial charge in [0.25, 0.3) is 0 Å². The molecule has 1 aromatic carbocycles. The summed E-state index contributed by atoms with van der Waals surface area (Å²) in [6.07, 6.45) is 1.83. The quantitative estimate of drug-likeness (QED) is 0.821. The second kappa shape index (κ2) is 3.84. The summed E-state index contributed by atoms with van der Waals surface area (Å²) in [5.74, 6) is 0.163. The van der Waals surface area contributed by atoms with Gasteiger partial charge in [0, 0.05) is 11.3 Å². The SMILES string of the molecule is Cc1ccoc1C(=O)c1ccc2c(c1)CC(=O)N2. The van der Waals surface area contributed by atoms with Crippen molar-refractivity contribution in [1.82, 2.24) is 0 Å². The summed E-state index contributed by atoms with van der Waals surface area (Å²) in [7, 11) is 0. The number of nitrogens with one attached hydrogen (secondary N) is 1. The molecule has 4 nitrogen and oxygen atoms in total. The van der Waals surface area contributed by atoms with Crippen molar-refractivity contribution < 1.29 is 14.0 Å². The van der Waals surface area contributed by atoms with E-state index in [9.17, 15) is 9.59 Å². The highest BCUT2D eigenvalue weighted by Crippen LogP contribution is 2.25. The highest BCUT2D eigenvalue weighted by atomic mass is 16.3. The number of rotatable bonds is 2. The average Bonchev–Trinajstić information content (AvgIpc) is 2.91. The van der Waals surface area contributed by atoms with E-state index in [-0.39, 0.29) is 11.7 Å². The van der Waals surface area contributed by atoms with Crippen molar-refractivity contribution in [2.75, 3.05) is 5.32 Å². The van der Waals surface area contributed by atoms with Crippen LogP contribution in [-0.2, 0) is 11.2 Å². The van der Waals surface area contributed by atoms with E-state index in [1.165, 1.54) is 6.26 Å². The first-order chi connectivity index (χ1) is 8.65. The zero-order chi connectivity index (χ0) is 12.7. The first-order valence-corrected chi connectivity index (χ1v) is 5.67. The highest BCUT2D eigenvalue weighted by Gasteiger charge is 2.21. The van der Waals surface area contributed by atoms with Gasteiger partial charge in [-0.25, -0.2) is 0 Å². The standard InChI is InChI=1S/C14H11NO3/c1-8-4-5-18-14(8)13(17)9-2-3-11-10(6-9)7-12(16)15-11/h2-6H,7H2,1H3,(H,15,16). The van der Waals surface area contributed by atoms with Crippen LogP contribution in [0.4, 0.5) is 5.69 Å². The number of hydrogen-bond donors (Lipinski definition) is 1. The van der Waals surface area contributed by atoms with Crippen LogP contribution in [0.5, 0.6) is 0 Å². The molecule has 0 bridgehead atoms. The molecule has 3 rings (SSSR count). The second-order valence-corrected chi connectivity index (χ2v) is 4.36. The van der Waals surface area contributed by atoms with Gasteiger partial charge in [0.05, 0.1) is 12.7 Å². The molecule has 0 aliphatic carbocycles. The zero-order valence-electron chi connectivity index (χ0n) is 9.82. The van der Waals surface area contributed by atoms with Gasteiger partial charge in [0.2, 0.25) is 11.7 Å². The van der Waals surface area contributed by atoms with Gasteiger partial charge in [0.1, 0.15) is 0 Å². The Bertz CT molecular complexity index is 655. The van der Waals surface area contributed by atoms with Crippen molar-refractivity contribution in [2.24, 2.45) is 0 Å². The van der Waals surface area contributed by atoms with Crippen molar-refractivity contribution in [1.29, 1.82) is 0 Å². The van der Waals surface area contributed by atoms with E-state index in [1.807, 2.05) is 6.92 Å². The van der Waals surface area contributed by atoms with Gasteiger partial charge in [-0.1, -0.05) is 0 Å². The van der Waals surface area contributed by atoms with E-state index in [2.05, 4.69) is 5.32 Å². The fourth-order valence-corrected chi connectivity index (χ4v) is 2.11. The molecule has 0 saturated heterocycles. The third kappa shape index (κ3) is 1.62. The minimum absolute atomic E-state index is 0.0382. The van der Waals surface area contributed by atoms with E-state index in [0.717, 1.165) is 16.8 Å². The number of amides is 1. The van der Waals surface area contributed by atoms with Crippen molar-refractivity contribution in [3.05, 3.63) is 53.0 Å². The van der Waals surface area contributed by atoms with Gasteiger partial charge in [-0.15, -0.1) is 0 Å². The first kappa shape index (κ1) is 10.8. The number of aryl methyl sites for hydroxylation is 1. The Morgan fingerprint density at radius 2 is 2.17 bits per heavy atom. The Labute approximate surface area is 104 Å². The lowest BCUT2D eigenvalue weighted by molar-refractivity contribution is -0.115. The van der Waals surface area contributed by atoms with E-state index in [0.29, 0.717) is 17.7 Å². The van der Waals surface area contributed by atoms with Crippen LogP contribution in [0.15, 0.2) is 34.9 Å². The molecule has 1 aromatic heterocycles. The lowest BCUT2D eigenvalue weighted by Gasteiger charge is -2.02. The van der Waals surface area contributed by atoms with Crippen LogP contribution in [0, 0.1) is 6.92 Å². The topological polar surface area (TPSA) is 59.3 Å². The molecule has 1 amide bonds. The summed E-state index contributed by atoms with van der Waals surface area (Å²) in [6, 6.07) is 6.96. The average molecular weight is 241 g/mol. The number of ketones is 1. The number of carbonyl (C=O) groups excluding carboxylic acids is 2. The lowest BCUT2D eigenvalue weighted by Crippen LogP contribution is -2.03. The van der Waals surface area contributed by atoms with Crippen LogP contribution >= 0.6 is 0 Å². The Balaban J connectivity index is 2.00. The van der Waals surface area contributed by atoms with E-state index in [4.69, 9.17) is 4.42 Å². The fraction of sp³-hybridized carbons (Fsp3) is 0.143. The number of furan rings is 1. The first-order valence-electron chi connectivity index (χ1n) is 5.67. The summed E-state index contributed by atoms with van der Waals surface area (Å²) in [5.41, 5.74) is 3.00. The molecule has 2 aromatic rings. The summed E-state index contributed by atoms with van der Waals surface area (Å²) in [4.78, 5) is 23.5. The van der Waals surface area contributed by atoms with Crippen LogP contribution in [0.25, 0.3) is 0 Å². The van der Waals surface area contributed by atoms with Crippen LogP contribution < -0.4 is 5.32 Å². The minimum Gasteiger partial charge on any atom is -0.461 e. The maximum atomic E-state index is 12.2. The molecule has 0 atom stereocenters. The third-order valence-corrected chi connectivity index (χ3v) is 3.06. The molecule has 0 radical (unpaired) electrons. The van der Waals surface area contributed by atoms with Crippen molar-refractivity contribution in [2.45, 2.75) is 13.3 Å². The fourth-order valence-electron chi connectivity index (χ4n) is 2.11. The van der Waals surface area contributed by atoms with Crippen molar-refractivity contribution >= 4 is 17.4 Å². The Hall–Kier alpha value is -2.36. The van der Waals surface area contributed by atoms with Gasteiger partial charge >= 0.3 is 0 Å². The summed E-state index contributed by atoms with van der Waals surface area (Å²) >= 11 is 0. The van der Waals surface area contributed by atoms with Crippen LogP contribution in [0.1, 0.15) is 27.2 Å². The van der Waals surface area contributed by atoms with Gasteiger partial charge in [-0.05, 0) is 42.3 Å². The van der Waals surface area contributed by atoms with Crippen LogP contribution in [0.3, 0.4) is 0 Å². The number of hydrogen-bond acceptors (Lipinski definition) is 3. The van der Waals surface area contributed by atoms with E-state index < -0.39 is 0 Å². The Morgan fingerprint density at radius 3 is 2.89 bits per heavy atom. The number of benzene rings is 1. The lowest BCUT2D eigenvalue weighted by atomic mass is 10.0. The summed E-state index contributed by atoms with van der Waals surface area (Å²) in [6.45, 7) is 1.83. The maximum Gasteiger partial charge on any atom is 0.228 e. The smallest absolute Gasteiger partial charge is 0.228 e. The van der Waals surface area contributed by atoms with Gasteiger partial charge in [-0.2, -0.15) is 0 Å². The van der Waals surface area contributed by atoms with Gasteiger partial charge < -0.3 is 9.73 Å². The maximum absolute atomic E-state index is 12.2. The largest absolute Gasteiger partial charge is 0.461 e. The second-order valence-electron chi connectivity index (χ2n) is 4.36. The monoisotopic (exact) mass is 241 g/mol. The molecule has 18 heavy (non-hydrogen) atoms. The van der Waals surface area contributed by atoms with Crippen LogP contribution in [0.2, 0.25) is 0 Å². The summed E-state index contributed by atoms with van der Waals surface area (Å²) < 4.78 is 5.19. The van der Waals surface area contributed by atoms with Gasteiger partial charge in [-0.3, -0.25) is 9.59 Å². The molecule has 2 heterocycles. The molecular formula is C14H11NO3. The molecule has 0 unspecified atom stereocenters. The Morgan fingerprint density at radius 1 is 1.33 bits per heavy atom. The molecule has 4 heteroatoms. The van der Waals surface area contributed by atoms with Crippen molar-refractivity contribution in [3.8, 4) is 0 Å². The molecule has 0 spiro atoms. The molecule has 1 aliphatic rings. The number of carbonyl (C=O) groups is 2. The molecule has 0 fully saturated rings. The third-order valence-electron chi connectivity index (χ3n) is 3.06. The molecule has 1 aliphatic heterocycles. The molecule has 1 N–H and O–H groups in total. The molecule has 0 saturated carbocycles. The highest BCUT2D eigenvalue weighted by molar-refractivity contribution is 6.09. The van der Waals surface area contributed by atoms with E-state index >= 15 is 0 Å². The van der Waals surface area contributed by atoms with E-state index in [1.54, 1.807) is 24.3 Å². The van der Waals surface area contributed by atoms with Gasteiger partial charge in [0.15, 0.2) is 5.76 Å². The zero-order valence-corrected chi connectivity index (χ0v) is 9.82. The number of anilines is 1. The number of fused-ring (bicyclic) bond motifs is 1. The normalized spacial score (nSPS) is 13.3. The predicted molar refractivity (Wildman–Crippen MR) is 65.7 cm³/mol.